The normalized spacial score (nSPS) is 26.1. The highest BCUT2D eigenvalue weighted by Crippen LogP contribution is 2.53. The highest BCUT2D eigenvalue weighted by Gasteiger charge is 2.51. The lowest BCUT2D eigenvalue weighted by molar-refractivity contribution is 0.0681. The lowest BCUT2D eigenvalue weighted by atomic mass is 9.59. The predicted molar refractivity (Wildman–Crippen MR) is 119 cm³/mol. The molecule has 2 fully saturated rings. The van der Waals surface area contributed by atoms with Crippen LogP contribution in [0.25, 0.3) is 0 Å². The molecule has 3 aliphatic rings. The van der Waals surface area contributed by atoms with Crippen LogP contribution < -0.4 is 0 Å². The van der Waals surface area contributed by atoms with E-state index in [1.165, 1.54) is 17.4 Å². The Morgan fingerprint density at radius 1 is 1.30 bits per heavy atom. The number of amides is 1. The Morgan fingerprint density at radius 3 is 2.83 bits per heavy atom. The van der Waals surface area contributed by atoms with E-state index in [9.17, 15) is 9.18 Å². The molecule has 1 saturated carbocycles. The van der Waals surface area contributed by atoms with E-state index >= 15 is 0 Å². The minimum Gasteiger partial charge on any atom is -0.338 e. The second kappa shape index (κ2) is 8.50. The molecule has 156 valence electrons. The first-order chi connectivity index (χ1) is 14.5. The van der Waals surface area contributed by atoms with Crippen LogP contribution in [-0.2, 0) is 0 Å². The van der Waals surface area contributed by atoms with Gasteiger partial charge in [-0.05, 0) is 48.8 Å². The van der Waals surface area contributed by atoms with E-state index in [2.05, 4.69) is 29.8 Å². The van der Waals surface area contributed by atoms with E-state index < -0.39 is 5.82 Å². The van der Waals surface area contributed by atoms with Crippen LogP contribution in [0, 0.1) is 17.2 Å². The van der Waals surface area contributed by atoms with Crippen LogP contribution in [-0.4, -0.2) is 35.3 Å². The second-order valence-corrected chi connectivity index (χ2v) is 8.54. The van der Waals surface area contributed by atoms with Crippen molar-refractivity contribution in [3.63, 3.8) is 0 Å². The molecule has 4 nitrogen and oxygen atoms in total. The number of carbonyl (C=O) groups excluding carboxylic acids is 1. The SMILES string of the molecule is C=C/C=C\C=C(/CC)C1=NN=C(C2CC3(CCN(C(=O)c4ccccc4F)C3)C2)C1. The van der Waals surface area contributed by atoms with Crippen LogP contribution in [0.2, 0.25) is 0 Å². The second-order valence-electron chi connectivity index (χ2n) is 8.54. The molecule has 1 aromatic rings. The van der Waals surface area contributed by atoms with E-state index in [1.54, 1.807) is 24.3 Å². The maximum absolute atomic E-state index is 14.0. The van der Waals surface area contributed by atoms with Gasteiger partial charge in [0.2, 0.25) is 0 Å². The van der Waals surface area contributed by atoms with Gasteiger partial charge in [0.15, 0.2) is 0 Å². The Balaban J connectivity index is 1.32. The predicted octanol–water partition coefficient (Wildman–Crippen LogP) is 5.35. The molecule has 0 radical (unpaired) electrons. The number of hydrogen-bond donors (Lipinski definition) is 0. The molecular weight excluding hydrogens is 377 g/mol. The first kappa shape index (κ1) is 20.5. The van der Waals surface area contributed by atoms with Gasteiger partial charge in [-0.1, -0.05) is 49.9 Å². The van der Waals surface area contributed by atoms with Crippen LogP contribution >= 0.6 is 0 Å². The molecular formula is C25H28FN3O. The fraction of sp³-hybridized carbons (Fsp3) is 0.400. The third kappa shape index (κ3) is 3.93. The number of carbonyl (C=O) groups is 1. The fourth-order valence-electron chi connectivity index (χ4n) is 4.91. The van der Waals surface area contributed by atoms with Gasteiger partial charge in [0, 0.05) is 31.1 Å². The number of nitrogens with zero attached hydrogens (tertiary/aromatic N) is 3. The fourth-order valence-corrected chi connectivity index (χ4v) is 4.91. The zero-order valence-electron chi connectivity index (χ0n) is 17.5. The maximum Gasteiger partial charge on any atom is 0.256 e. The molecule has 4 rings (SSSR count). The van der Waals surface area contributed by atoms with Gasteiger partial charge in [0.1, 0.15) is 5.82 Å². The Hall–Kier alpha value is -2.82. The van der Waals surface area contributed by atoms with Crippen molar-refractivity contribution in [2.45, 2.75) is 39.0 Å². The van der Waals surface area contributed by atoms with Gasteiger partial charge in [-0.2, -0.15) is 10.2 Å². The van der Waals surface area contributed by atoms with Gasteiger partial charge in [-0.15, -0.1) is 0 Å². The van der Waals surface area contributed by atoms with E-state index in [0.29, 0.717) is 19.0 Å². The minimum atomic E-state index is -0.442. The standard InChI is InChI=1S/C25H28FN3O/c1-3-5-6-9-18(4-2)22-14-23(28-27-22)19-15-25(16-19)12-13-29(17-25)24(30)20-10-7-8-11-21(20)26/h3,5-11,19H,1,4,12-17H2,2H3/b6-5-,18-9+. The molecule has 30 heavy (non-hydrogen) atoms. The Bertz CT molecular complexity index is 966. The van der Waals surface area contributed by atoms with Crippen LogP contribution in [0.3, 0.4) is 0 Å². The van der Waals surface area contributed by atoms with Gasteiger partial charge in [-0.25, -0.2) is 4.39 Å². The lowest BCUT2D eigenvalue weighted by Crippen LogP contribution is -2.44. The summed E-state index contributed by atoms with van der Waals surface area (Å²) in [6, 6.07) is 6.24. The van der Waals surface area contributed by atoms with Crippen LogP contribution in [0.5, 0.6) is 0 Å². The molecule has 0 bridgehead atoms. The summed E-state index contributed by atoms with van der Waals surface area (Å²) < 4.78 is 14.0. The van der Waals surface area contributed by atoms with Gasteiger partial charge >= 0.3 is 0 Å². The van der Waals surface area contributed by atoms with Crippen molar-refractivity contribution in [1.29, 1.82) is 0 Å². The molecule has 1 aromatic carbocycles. The third-order valence-electron chi connectivity index (χ3n) is 6.60. The highest BCUT2D eigenvalue weighted by atomic mass is 19.1. The number of halogens is 1. The summed E-state index contributed by atoms with van der Waals surface area (Å²) in [7, 11) is 0. The molecule has 0 N–H and O–H groups in total. The first-order valence-corrected chi connectivity index (χ1v) is 10.7. The number of rotatable bonds is 6. The van der Waals surface area contributed by atoms with Crippen molar-refractivity contribution in [3.05, 3.63) is 72.1 Å². The van der Waals surface area contributed by atoms with Crippen molar-refractivity contribution in [1.82, 2.24) is 4.90 Å². The van der Waals surface area contributed by atoms with Crippen LogP contribution in [0.1, 0.15) is 49.4 Å². The number of allylic oxidation sites excluding steroid dienone is 5. The molecule has 1 aliphatic carbocycles. The molecule has 2 heterocycles. The van der Waals surface area contributed by atoms with Gasteiger partial charge < -0.3 is 4.90 Å². The topological polar surface area (TPSA) is 45.0 Å². The number of likely N-dealkylation sites (tertiary alicyclic amines) is 1. The van der Waals surface area contributed by atoms with Gasteiger partial charge in [0.25, 0.3) is 5.91 Å². The summed E-state index contributed by atoms with van der Waals surface area (Å²) in [4.78, 5) is 14.5. The van der Waals surface area contributed by atoms with Crippen molar-refractivity contribution >= 4 is 17.3 Å². The summed E-state index contributed by atoms with van der Waals surface area (Å²) in [6.45, 7) is 7.24. The summed E-state index contributed by atoms with van der Waals surface area (Å²) in [5.41, 5.74) is 3.77. The number of benzene rings is 1. The number of hydrogen-bond acceptors (Lipinski definition) is 3. The summed E-state index contributed by atoms with van der Waals surface area (Å²) in [5, 5.41) is 8.94. The molecule has 1 saturated heterocycles. The van der Waals surface area contributed by atoms with Crippen molar-refractivity contribution < 1.29 is 9.18 Å². The van der Waals surface area contributed by atoms with E-state index in [1.807, 2.05) is 17.1 Å². The Kier molecular flexibility index (Phi) is 5.80. The van der Waals surface area contributed by atoms with Gasteiger partial charge in [0.05, 0.1) is 11.3 Å². The van der Waals surface area contributed by atoms with Crippen molar-refractivity contribution in [3.8, 4) is 0 Å². The first-order valence-electron chi connectivity index (χ1n) is 10.7. The smallest absolute Gasteiger partial charge is 0.256 e. The van der Waals surface area contributed by atoms with Gasteiger partial charge in [-0.3, -0.25) is 4.79 Å². The monoisotopic (exact) mass is 405 g/mol. The quantitative estimate of drug-likeness (QED) is 0.589. The zero-order valence-corrected chi connectivity index (χ0v) is 17.5. The van der Waals surface area contributed by atoms with Crippen LogP contribution in [0.4, 0.5) is 4.39 Å². The molecule has 0 unspecified atom stereocenters. The van der Waals surface area contributed by atoms with E-state index in [4.69, 9.17) is 0 Å². The molecule has 5 heteroatoms. The molecule has 0 atom stereocenters. The summed E-state index contributed by atoms with van der Waals surface area (Å²) >= 11 is 0. The van der Waals surface area contributed by atoms with E-state index in [-0.39, 0.29) is 16.9 Å². The van der Waals surface area contributed by atoms with E-state index in [0.717, 1.165) is 37.8 Å². The minimum absolute atomic E-state index is 0.160. The van der Waals surface area contributed by atoms with Crippen molar-refractivity contribution in [2.24, 2.45) is 21.5 Å². The summed E-state index contributed by atoms with van der Waals surface area (Å²) in [5.74, 6) is -0.193. The molecule has 1 amide bonds. The molecule has 1 spiro atoms. The molecule has 0 aromatic heterocycles. The Morgan fingerprint density at radius 2 is 2.10 bits per heavy atom. The third-order valence-corrected chi connectivity index (χ3v) is 6.60. The largest absolute Gasteiger partial charge is 0.338 e. The highest BCUT2D eigenvalue weighted by molar-refractivity contribution is 6.15. The van der Waals surface area contributed by atoms with Crippen molar-refractivity contribution in [2.75, 3.05) is 13.1 Å². The summed E-state index contributed by atoms with van der Waals surface area (Å²) in [6.07, 6.45) is 12.6. The zero-order chi connectivity index (χ0) is 21.1. The maximum atomic E-state index is 14.0. The average molecular weight is 406 g/mol. The average Bonchev–Trinajstić information content (AvgIpc) is 3.38. The Labute approximate surface area is 177 Å². The van der Waals surface area contributed by atoms with Crippen LogP contribution in [0.15, 0.2) is 70.9 Å². The lowest BCUT2D eigenvalue weighted by Gasteiger charge is -2.45. The molecule has 2 aliphatic heterocycles.